The van der Waals surface area contributed by atoms with Gasteiger partial charge in [-0.15, -0.1) is 0 Å². The molecule has 0 spiro atoms. The van der Waals surface area contributed by atoms with Gasteiger partial charge in [-0.05, 0) is 63.4 Å². The van der Waals surface area contributed by atoms with E-state index in [9.17, 15) is 4.79 Å². The number of hydrogen-bond donors (Lipinski definition) is 1. The average molecular weight is 335 g/mol. The van der Waals surface area contributed by atoms with Gasteiger partial charge >= 0.3 is 0 Å². The third kappa shape index (κ3) is 3.72. The van der Waals surface area contributed by atoms with Crippen molar-refractivity contribution in [2.75, 3.05) is 19.6 Å². The van der Waals surface area contributed by atoms with Crippen molar-refractivity contribution >= 4 is 17.5 Å². The number of halogens is 1. The zero-order valence-electron chi connectivity index (χ0n) is 14.0. The van der Waals surface area contributed by atoms with E-state index >= 15 is 0 Å². The molecular weight excluding hydrogens is 308 g/mol. The van der Waals surface area contributed by atoms with Gasteiger partial charge < -0.3 is 10.2 Å². The molecule has 1 aromatic rings. The fourth-order valence-electron chi connectivity index (χ4n) is 3.88. The first-order valence-electron chi connectivity index (χ1n) is 8.89. The number of carbonyl (C=O) groups is 1. The number of nitrogens with one attached hydrogen (secondary N) is 1. The molecule has 1 N–H and O–H groups in total. The number of piperidine rings is 1. The van der Waals surface area contributed by atoms with E-state index < -0.39 is 0 Å². The Morgan fingerprint density at radius 1 is 1.17 bits per heavy atom. The highest BCUT2D eigenvalue weighted by Gasteiger charge is 2.45. The zero-order chi connectivity index (χ0) is 16.3. The number of rotatable bonds is 5. The first-order valence-corrected chi connectivity index (χ1v) is 9.27. The minimum Gasteiger partial charge on any atom is -0.352 e. The summed E-state index contributed by atoms with van der Waals surface area (Å²) in [6, 6.07) is 8.00. The van der Waals surface area contributed by atoms with Gasteiger partial charge in [-0.2, -0.15) is 0 Å². The number of nitrogens with zero attached hydrogens (tertiary/aromatic N) is 1. The Bertz CT molecular complexity index is 533. The molecule has 126 valence electrons. The number of carbonyl (C=O) groups excluding carboxylic acids is 1. The Morgan fingerprint density at radius 3 is 2.39 bits per heavy atom. The number of hydrogen-bond acceptors (Lipinski definition) is 2. The van der Waals surface area contributed by atoms with E-state index in [1.54, 1.807) is 0 Å². The van der Waals surface area contributed by atoms with Crippen LogP contribution in [0.4, 0.5) is 0 Å². The monoisotopic (exact) mass is 334 g/mol. The maximum Gasteiger partial charge on any atom is 0.230 e. The fraction of sp³-hybridized carbons (Fsp3) is 0.632. The molecule has 0 bridgehead atoms. The Balaban J connectivity index is 1.62. The van der Waals surface area contributed by atoms with Crippen molar-refractivity contribution in [3.8, 4) is 0 Å². The van der Waals surface area contributed by atoms with Crippen LogP contribution in [0.25, 0.3) is 0 Å². The molecule has 1 heterocycles. The highest BCUT2D eigenvalue weighted by atomic mass is 35.5. The molecule has 4 heteroatoms. The summed E-state index contributed by atoms with van der Waals surface area (Å²) in [7, 11) is 0. The quantitative estimate of drug-likeness (QED) is 0.889. The van der Waals surface area contributed by atoms with Crippen molar-refractivity contribution < 1.29 is 4.79 Å². The second-order valence-corrected chi connectivity index (χ2v) is 7.61. The van der Waals surface area contributed by atoms with E-state index in [2.05, 4.69) is 17.1 Å². The highest BCUT2D eigenvalue weighted by Crippen LogP contribution is 2.44. The minimum atomic E-state index is -0.333. The van der Waals surface area contributed by atoms with Gasteiger partial charge in [0.1, 0.15) is 0 Å². The number of benzene rings is 1. The zero-order valence-corrected chi connectivity index (χ0v) is 14.7. The van der Waals surface area contributed by atoms with Gasteiger partial charge in [0.25, 0.3) is 0 Å². The van der Waals surface area contributed by atoms with Gasteiger partial charge in [-0.25, -0.2) is 0 Å². The van der Waals surface area contributed by atoms with Crippen molar-refractivity contribution in [3.63, 3.8) is 0 Å². The second kappa shape index (κ2) is 7.23. The van der Waals surface area contributed by atoms with Gasteiger partial charge in [-0.1, -0.05) is 36.6 Å². The molecule has 1 unspecified atom stereocenters. The van der Waals surface area contributed by atoms with Crippen molar-refractivity contribution in [1.82, 2.24) is 10.2 Å². The van der Waals surface area contributed by atoms with Crippen molar-refractivity contribution in [3.05, 3.63) is 34.9 Å². The van der Waals surface area contributed by atoms with Crippen molar-refractivity contribution in [1.29, 1.82) is 0 Å². The van der Waals surface area contributed by atoms with Crippen LogP contribution in [-0.2, 0) is 10.2 Å². The summed E-state index contributed by atoms with van der Waals surface area (Å²) in [5.74, 6) is 0.190. The van der Waals surface area contributed by atoms with E-state index in [0.717, 1.165) is 36.4 Å². The summed E-state index contributed by atoms with van der Waals surface area (Å²) >= 11 is 5.99. The third-order valence-corrected chi connectivity index (χ3v) is 5.65. The molecule has 1 aromatic carbocycles. The Hall–Kier alpha value is -1.06. The van der Waals surface area contributed by atoms with Crippen LogP contribution in [0, 0.1) is 0 Å². The molecule has 1 aliphatic heterocycles. The molecule has 2 aliphatic rings. The first-order chi connectivity index (χ1) is 11.1. The van der Waals surface area contributed by atoms with E-state index in [1.807, 2.05) is 24.3 Å². The molecule has 3 rings (SSSR count). The smallest absolute Gasteiger partial charge is 0.230 e. The summed E-state index contributed by atoms with van der Waals surface area (Å²) in [4.78, 5) is 15.4. The SMILES string of the molecule is CC(CN1CCCCC1)NC(=O)C1(c2ccc(Cl)cc2)CCC1. The molecule has 3 nitrogen and oxygen atoms in total. The standard InChI is InChI=1S/C19H27ClN2O/c1-15(14-22-12-3-2-4-13-22)21-18(23)19(10-5-11-19)16-6-8-17(20)9-7-16/h6-9,15H,2-5,10-14H2,1H3,(H,21,23). The predicted molar refractivity (Wildman–Crippen MR) is 94.9 cm³/mol. The van der Waals surface area contributed by atoms with Crippen molar-refractivity contribution in [2.45, 2.75) is 56.9 Å². The molecule has 0 aromatic heterocycles. The summed E-state index contributed by atoms with van der Waals surface area (Å²) in [6.07, 6.45) is 6.92. The molecule has 1 atom stereocenters. The van der Waals surface area contributed by atoms with E-state index in [1.165, 1.54) is 32.4 Å². The van der Waals surface area contributed by atoms with Crippen LogP contribution in [0.3, 0.4) is 0 Å². The van der Waals surface area contributed by atoms with E-state index in [4.69, 9.17) is 11.6 Å². The van der Waals surface area contributed by atoms with Gasteiger partial charge in [0, 0.05) is 17.6 Å². The summed E-state index contributed by atoms with van der Waals surface area (Å²) in [5.41, 5.74) is 0.775. The minimum absolute atomic E-state index is 0.190. The highest BCUT2D eigenvalue weighted by molar-refractivity contribution is 6.30. The van der Waals surface area contributed by atoms with Crippen LogP contribution in [-0.4, -0.2) is 36.5 Å². The Kier molecular flexibility index (Phi) is 5.27. The lowest BCUT2D eigenvalue weighted by Gasteiger charge is -2.42. The molecular formula is C19H27ClN2O. The third-order valence-electron chi connectivity index (χ3n) is 5.40. The van der Waals surface area contributed by atoms with E-state index in [0.29, 0.717) is 0 Å². The van der Waals surface area contributed by atoms with E-state index in [-0.39, 0.29) is 17.4 Å². The molecule has 1 aliphatic carbocycles. The van der Waals surface area contributed by atoms with Crippen LogP contribution in [0.2, 0.25) is 5.02 Å². The van der Waals surface area contributed by atoms with Crippen molar-refractivity contribution in [2.24, 2.45) is 0 Å². The lowest BCUT2D eigenvalue weighted by atomic mass is 9.63. The molecule has 1 amide bonds. The van der Waals surface area contributed by atoms with Gasteiger partial charge in [0.05, 0.1) is 5.41 Å². The number of amides is 1. The summed E-state index contributed by atoms with van der Waals surface area (Å²) in [6.45, 7) is 5.42. The van der Waals surface area contributed by atoms with Crippen LogP contribution >= 0.6 is 11.6 Å². The molecule has 23 heavy (non-hydrogen) atoms. The summed E-state index contributed by atoms with van der Waals surface area (Å²) in [5, 5.41) is 3.99. The topological polar surface area (TPSA) is 32.3 Å². The van der Waals surface area contributed by atoms with Gasteiger partial charge in [0.15, 0.2) is 0 Å². The lowest BCUT2D eigenvalue weighted by Crippen LogP contribution is -2.53. The van der Waals surface area contributed by atoms with Gasteiger partial charge in [-0.3, -0.25) is 4.79 Å². The molecule has 0 radical (unpaired) electrons. The van der Waals surface area contributed by atoms with Gasteiger partial charge in [0.2, 0.25) is 5.91 Å². The molecule has 2 fully saturated rings. The van der Waals surface area contributed by atoms with Crippen LogP contribution in [0.1, 0.15) is 51.0 Å². The number of likely N-dealkylation sites (tertiary alicyclic amines) is 1. The molecule has 1 saturated heterocycles. The molecule has 1 saturated carbocycles. The van der Waals surface area contributed by atoms with Crippen LogP contribution in [0.15, 0.2) is 24.3 Å². The average Bonchev–Trinajstić information content (AvgIpc) is 2.49. The second-order valence-electron chi connectivity index (χ2n) is 7.18. The summed E-state index contributed by atoms with van der Waals surface area (Å²) < 4.78 is 0. The maximum atomic E-state index is 12.9. The first kappa shape index (κ1) is 16.8. The Morgan fingerprint density at radius 2 is 1.83 bits per heavy atom. The van der Waals surface area contributed by atoms with Crippen LogP contribution in [0.5, 0.6) is 0 Å². The maximum absolute atomic E-state index is 12.9. The predicted octanol–water partition coefficient (Wildman–Crippen LogP) is 3.75. The lowest BCUT2D eigenvalue weighted by molar-refractivity contribution is -0.130. The van der Waals surface area contributed by atoms with Crippen LogP contribution < -0.4 is 5.32 Å². The normalized spacial score (nSPS) is 22.2. The fourth-order valence-corrected chi connectivity index (χ4v) is 4.01. The Labute approximate surface area is 144 Å². The largest absolute Gasteiger partial charge is 0.352 e.